The summed E-state index contributed by atoms with van der Waals surface area (Å²) < 4.78 is 38.6. The molecule has 8 heteroatoms. The van der Waals surface area contributed by atoms with Crippen LogP contribution in [0.15, 0.2) is 23.7 Å². The molecule has 2 amide bonds. The number of carbonyl (C=O) groups excluding carboxylic acids is 1. The van der Waals surface area contributed by atoms with Crippen LogP contribution in [-0.4, -0.2) is 29.8 Å². The van der Waals surface area contributed by atoms with Gasteiger partial charge in [0.2, 0.25) is 0 Å². The molecule has 1 aliphatic rings. The van der Waals surface area contributed by atoms with Crippen molar-refractivity contribution in [2.45, 2.75) is 12.2 Å². The second kappa shape index (κ2) is 4.09. The maximum absolute atomic E-state index is 12.6. The number of thiazole rings is 1. The summed E-state index contributed by atoms with van der Waals surface area (Å²) >= 11 is 1.38. The number of halogens is 3. The molecule has 0 bridgehead atoms. The summed E-state index contributed by atoms with van der Waals surface area (Å²) in [6.45, 7) is -0.410. The predicted molar refractivity (Wildman–Crippen MR) is 65.3 cm³/mol. The Morgan fingerprint density at radius 2 is 2.21 bits per heavy atom. The number of carbonyl (C=O) groups is 1. The largest absolute Gasteiger partial charge is 0.410 e. The lowest BCUT2D eigenvalue weighted by molar-refractivity contribution is -0.147. The first kappa shape index (κ1) is 12.2. The highest BCUT2D eigenvalue weighted by atomic mass is 32.1. The number of nitrogens with one attached hydrogen (secondary N) is 1. The molecule has 2 aromatic rings. The van der Waals surface area contributed by atoms with Gasteiger partial charge in [0.15, 0.2) is 0 Å². The van der Waals surface area contributed by atoms with E-state index in [0.717, 1.165) is 15.1 Å². The number of nitrogens with zero attached hydrogens (tertiary/aromatic N) is 2. The summed E-state index contributed by atoms with van der Waals surface area (Å²) in [7, 11) is 0. The monoisotopic (exact) mass is 287 g/mol. The smallest absolute Gasteiger partial charge is 0.324 e. The van der Waals surface area contributed by atoms with Gasteiger partial charge >= 0.3 is 12.2 Å². The number of benzene rings is 1. The van der Waals surface area contributed by atoms with E-state index in [0.29, 0.717) is 5.69 Å². The second-order valence-corrected chi connectivity index (χ2v) is 5.05. The Bertz CT molecular complexity index is 639. The average molecular weight is 287 g/mol. The van der Waals surface area contributed by atoms with Crippen molar-refractivity contribution >= 4 is 33.3 Å². The highest BCUT2D eigenvalue weighted by Gasteiger charge is 2.47. The van der Waals surface area contributed by atoms with E-state index in [1.165, 1.54) is 11.3 Å². The molecule has 3 rings (SSSR count). The van der Waals surface area contributed by atoms with E-state index in [1.54, 1.807) is 23.7 Å². The Kier molecular flexibility index (Phi) is 2.63. The summed E-state index contributed by atoms with van der Waals surface area (Å²) in [6.07, 6.45) is -4.43. The van der Waals surface area contributed by atoms with Crippen molar-refractivity contribution in [3.63, 3.8) is 0 Å². The van der Waals surface area contributed by atoms with Crippen LogP contribution in [0.2, 0.25) is 0 Å². The molecule has 1 atom stereocenters. The zero-order valence-electron chi connectivity index (χ0n) is 9.44. The van der Waals surface area contributed by atoms with Crippen LogP contribution in [0.25, 0.3) is 10.2 Å². The zero-order valence-corrected chi connectivity index (χ0v) is 10.3. The van der Waals surface area contributed by atoms with Crippen LogP contribution in [0, 0.1) is 0 Å². The molecule has 1 aromatic heterocycles. The van der Waals surface area contributed by atoms with Crippen molar-refractivity contribution in [2.24, 2.45) is 0 Å². The van der Waals surface area contributed by atoms with Gasteiger partial charge in [-0.15, -0.1) is 11.3 Å². The number of fused-ring (bicyclic) bond motifs is 1. The van der Waals surface area contributed by atoms with E-state index in [1.807, 2.05) is 5.32 Å². The molecule has 0 aliphatic carbocycles. The lowest BCUT2D eigenvalue weighted by atomic mass is 10.2. The van der Waals surface area contributed by atoms with Gasteiger partial charge in [-0.3, -0.25) is 4.90 Å². The standard InChI is InChI=1S/C11H8F3N3OS/c12-11(13,14)9-4-17(10(18)16-9)6-1-2-7-8(3-6)19-5-15-7/h1-3,5,9H,4H2,(H,16,18). The summed E-state index contributed by atoms with van der Waals surface area (Å²) in [5.41, 5.74) is 2.86. The lowest BCUT2D eigenvalue weighted by Gasteiger charge is -2.16. The minimum Gasteiger partial charge on any atom is -0.324 e. The number of aromatic nitrogens is 1. The Morgan fingerprint density at radius 3 is 2.89 bits per heavy atom. The molecule has 1 fully saturated rings. The topological polar surface area (TPSA) is 45.2 Å². The third kappa shape index (κ3) is 2.12. The summed E-state index contributed by atoms with van der Waals surface area (Å²) in [6, 6.07) is 2.41. The van der Waals surface area contributed by atoms with Crippen molar-refractivity contribution in [3.8, 4) is 0 Å². The van der Waals surface area contributed by atoms with Crippen LogP contribution in [0.1, 0.15) is 0 Å². The van der Waals surface area contributed by atoms with E-state index in [4.69, 9.17) is 0 Å². The average Bonchev–Trinajstić information content (AvgIpc) is 2.92. The number of anilines is 1. The number of alkyl halides is 3. The van der Waals surface area contributed by atoms with Crippen LogP contribution >= 0.6 is 11.3 Å². The van der Waals surface area contributed by atoms with Gasteiger partial charge in [-0.2, -0.15) is 13.2 Å². The first-order valence-corrected chi connectivity index (χ1v) is 6.31. The van der Waals surface area contributed by atoms with Gasteiger partial charge in [0.1, 0.15) is 6.04 Å². The molecule has 0 radical (unpaired) electrons. The normalized spacial score (nSPS) is 20.1. The van der Waals surface area contributed by atoms with E-state index in [-0.39, 0.29) is 0 Å². The predicted octanol–water partition coefficient (Wildman–Crippen LogP) is 2.76. The minimum atomic E-state index is -4.43. The zero-order chi connectivity index (χ0) is 13.6. The number of urea groups is 1. The van der Waals surface area contributed by atoms with Crippen molar-refractivity contribution in [2.75, 3.05) is 11.4 Å². The number of amides is 2. The molecule has 0 saturated carbocycles. The highest BCUT2D eigenvalue weighted by molar-refractivity contribution is 7.16. The van der Waals surface area contributed by atoms with Gasteiger partial charge in [-0.05, 0) is 18.2 Å². The van der Waals surface area contributed by atoms with Crippen LogP contribution in [0.3, 0.4) is 0 Å². The van der Waals surface area contributed by atoms with Gasteiger partial charge in [0.05, 0.1) is 22.3 Å². The molecule has 1 aliphatic heterocycles. The lowest BCUT2D eigenvalue weighted by Crippen LogP contribution is -2.40. The molecule has 1 N–H and O–H groups in total. The van der Waals surface area contributed by atoms with Crippen molar-refractivity contribution in [3.05, 3.63) is 23.7 Å². The quantitative estimate of drug-likeness (QED) is 0.876. The molecule has 100 valence electrons. The third-order valence-electron chi connectivity index (χ3n) is 2.93. The van der Waals surface area contributed by atoms with Gasteiger partial charge in [0.25, 0.3) is 0 Å². The fourth-order valence-electron chi connectivity index (χ4n) is 1.96. The summed E-state index contributed by atoms with van der Waals surface area (Å²) in [5, 5.41) is 1.93. The molecule has 19 heavy (non-hydrogen) atoms. The fraction of sp³-hybridized carbons (Fsp3) is 0.273. The SMILES string of the molecule is O=C1NC(C(F)(F)F)CN1c1ccc2ncsc2c1. The van der Waals surface area contributed by atoms with E-state index in [9.17, 15) is 18.0 Å². The molecule has 1 saturated heterocycles. The van der Waals surface area contributed by atoms with Gasteiger partial charge < -0.3 is 5.32 Å². The number of hydrogen-bond acceptors (Lipinski definition) is 3. The highest BCUT2D eigenvalue weighted by Crippen LogP contribution is 2.30. The van der Waals surface area contributed by atoms with E-state index >= 15 is 0 Å². The Hall–Kier alpha value is -1.83. The van der Waals surface area contributed by atoms with Crippen LogP contribution in [0.5, 0.6) is 0 Å². The first-order valence-electron chi connectivity index (χ1n) is 5.43. The van der Waals surface area contributed by atoms with Gasteiger partial charge in [0, 0.05) is 5.69 Å². The van der Waals surface area contributed by atoms with E-state index in [2.05, 4.69) is 4.98 Å². The van der Waals surface area contributed by atoms with Gasteiger partial charge in [-0.25, -0.2) is 9.78 Å². The van der Waals surface area contributed by atoms with Crippen LogP contribution in [0.4, 0.5) is 23.7 Å². The summed E-state index contributed by atoms with van der Waals surface area (Å²) in [5.74, 6) is 0. The third-order valence-corrected chi connectivity index (χ3v) is 3.72. The minimum absolute atomic E-state index is 0.410. The Morgan fingerprint density at radius 1 is 1.42 bits per heavy atom. The molecular formula is C11H8F3N3OS. The van der Waals surface area contributed by atoms with E-state index < -0.39 is 24.8 Å². The first-order chi connectivity index (χ1) is 8.95. The maximum atomic E-state index is 12.6. The Balaban J connectivity index is 1.91. The molecule has 4 nitrogen and oxygen atoms in total. The number of hydrogen-bond donors (Lipinski definition) is 1. The number of rotatable bonds is 1. The molecule has 0 spiro atoms. The maximum Gasteiger partial charge on any atom is 0.410 e. The van der Waals surface area contributed by atoms with Crippen LogP contribution < -0.4 is 10.2 Å². The Labute approximate surface area is 109 Å². The molecule has 1 unspecified atom stereocenters. The summed E-state index contributed by atoms with van der Waals surface area (Å²) in [4.78, 5) is 16.8. The van der Waals surface area contributed by atoms with Crippen molar-refractivity contribution in [1.29, 1.82) is 0 Å². The fourth-order valence-corrected chi connectivity index (χ4v) is 2.67. The van der Waals surface area contributed by atoms with Crippen molar-refractivity contribution < 1.29 is 18.0 Å². The van der Waals surface area contributed by atoms with Crippen LogP contribution in [-0.2, 0) is 0 Å². The molecule has 1 aromatic carbocycles. The second-order valence-electron chi connectivity index (χ2n) is 4.16. The van der Waals surface area contributed by atoms with Gasteiger partial charge in [-0.1, -0.05) is 0 Å². The molecule has 2 heterocycles. The molecular weight excluding hydrogens is 279 g/mol. The van der Waals surface area contributed by atoms with Crippen molar-refractivity contribution in [1.82, 2.24) is 10.3 Å².